The summed E-state index contributed by atoms with van der Waals surface area (Å²) < 4.78 is 3.63. The predicted octanol–water partition coefficient (Wildman–Crippen LogP) is 4.42. The Morgan fingerprint density at radius 2 is 1.55 bits per heavy atom. The first-order valence-electron chi connectivity index (χ1n) is 9.05. The summed E-state index contributed by atoms with van der Waals surface area (Å²) in [6, 6.07) is 21.1. The van der Waals surface area contributed by atoms with E-state index in [0.29, 0.717) is 10.9 Å². The Bertz CT molecular complexity index is 1350. The van der Waals surface area contributed by atoms with Crippen molar-refractivity contribution in [3.63, 3.8) is 0 Å². The van der Waals surface area contributed by atoms with E-state index in [9.17, 15) is 9.59 Å². The maximum atomic E-state index is 13.1. The average Bonchev–Trinajstić information content (AvgIpc) is 2.75. The topological polar surface area (TPSA) is 56.4 Å². The van der Waals surface area contributed by atoms with E-state index in [-0.39, 0.29) is 11.2 Å². The van der Waals surface area contributed by atoms with E-state index in [1.165, 1.54) is 11.6 Å². The number of fused-ring (bicyclic) bond motifs is 1. The summed E-state index contributed by atoms with van der Waals surface area (Å²) in [6.07, 6.45) is 1.76. The highest BCUT2D eigenvalue weighted by molar-refractivity contribution is 9.10. The van der Waals surface area contributed by atoms with Crippen molar-refractivity contribution in [2.24, 2.45) is 19.1 Å². The lowest BCUT2D eigenvalue weighted by Gasteiger charge is -2.14. The molecular weight excluding hydrogens is 430 g/mol. The molecule has 4 rings (SSSR count). The van der Waals surface area contributed by atoms with E-state index in [1.54, 1.807) is 19.3 Å². The maximum absolute atomic E-state index is 13.1. The van der Waals surface area contributed by atoms with Gasteiger partial charge in [-0.3, -0.25) is 18.9 Å². The zero-order valence-corrected chi connectivity index (χ0v) is 17.6. The van der Waals surface area contributed by atoms with Crippen molar-refractivity contribution in [3.05, 3.63) is 97.6 Å². The summed E-state index contributed by atoms with van der Waals surface area (Å²) in [5.41, 5.74) is 3.20. The minimum atomic E-state index is -0.349. The molecule has 6 heteroatoms. The zero-order chi connectivity index (χ0) is 20.5. The molecule has 144 valence electrons. The van der Waals surface area contributed by atoms with Crippen molar-refractivity contribution >= 4 is 38.7 Å². The molecule has 0 aliphatic rings. The second-order valence-corrected chi connectivity index (χ2v) is 7.65. The molecule has 0 spiro atoms. The van der Waals surface area contributed by atoms with Crippen LogP contribution in [0.3, 0.4) is 0 Å². The SMILES string of the molecule is Cn1c(=O)c2c(-c3ccccc3)c(C=Nc3ccc(Br)cc3)ccc2n(C)c1=O. The van der Waals surface area contributed by atoms with Gasteiger partial charge in [-0.2, -0.15) is 0 Å². The molecule has 5 nitrogen and oxygen atoms in total. The molecule has 0 saturated carbocycles. The van der Waals surface area contributed by atoms with Gasteiger partial charge < -0.3 is 0 Å². The van der Waals surface area contributed by atoms with Crippen LogP contribution in [0.4, 0.5) is 5.69 Å². The summed E-state index contributed by atoms with van der Waals surface area (Å²) in [7, 11) is 3.18. The molecule has 4 aromatic rings. The quantitative estimate of drug-likeness (QED) is 0.436. The lowest BCUT2D eigenvalue weighted by molar-refractivity contribution is 0.714. The number of aliphatic imine (C=N–C) groups is 1. The van der Waals surface area contributed by atoms with Gasteiger partial charge in [-0.1, -0.05) is 52.3 Å². The van der Waals surface area contributed by atoms with E-state index in [4.69, 9.17) is 0 Å². The van der Waals surface area contributed by atoms with Crippen LogP contribution in [0.2, 0.25) is 0 Å². The Hall–Kier alpha value is -3.25. The molecule has 1 aromatic heterocycles. The van der Waals surface area contributed by atoms with Gasteiger partial charge in [-0.25, -0.2) is 4.79 Å². The van der Waals surface area contributed by atoms with Gasteiger partial charge in [-0.15, -0.1) is 0 Å². The van der Waals surface area contributed by atoms with Crippen molar-refractivity contribution in [3.8, 4) is 11.1 Å². The molecule has 3 aromatic carbocycles. The number of benzene rings is 3. The van der Waals surface area contributed by atoms with Gasteiger partial charge in [0.05, 0.1) is 16.6 Å². The second kappa shape index (κ2) is 7.64. The van der Waals surface area contributed by atoms with Crippen molar-refractivity contribution in [1.29, 1.82) is 0 Å². The molecule has 0 amide bonds. The van der Waals surface area contributed by atoms with E-state index < -0.39 is 0 Å². The van der Waals surface area contributed by atoms with Gasteiger partial charge >= 0.3 is 5.69 Å². The number of rotatable bonds is 3. The van der Waals surface area contributed by atoms with Gasteiger partial charge in [0, 0.05) is 35.9 Å². The predicted molar refractivity (Wildman–Crippen MR) is 121 cm³/mol. The van der Waals surface area contributed by atoms with Gasteiger partial charge in [0.1, 0.15) is 0 Å². The molecule has 0 atom stereocenters. The van der Waals surface area contributed by atoms with Crippen molar-refractivity contribution in [1.82, 2.24) is 9.13 Å². The largest absolute Gasteiger partial charge is 0.330 e. The lowest BCUT2D eigenvalue weighted by Crippen LogP contribution is -2.37. The van der Waals surface area contributed by atoms with E-state index in [2.05, 4.69) is 20.9 Å². The number of aromatic nitrogens is 2. The van der Waals surface area contributed by atoms with Crippen molar-refractivity contribution in [2.45, 2.75) is 0 Å². The number of halogens is 1. The number of hydrogen-bond donors (Lipinski definition) is 0. The Morgan fingerprint density at radius 3 is 2.24 bits per heavy atom. The minimum absolute atomic E-state index is 0.319. The molecule has 29 heavy (non-hydrogen) atoms. The molecule has 0 unspecified atom stereocenters. The van der Waals surface area contributed by atoms with E-state index >= 15 is 0 Å². The fraction of sp³-hybridized carbons (Fsp3) is 0.0870. The van der Waals surface area contributed by atoms with Crippen LogP contribution in [0.25, 0.3) is 22.0 Å². The first-order valence-corrected chi connectivity index (χ1v) is 9.84. The molecule has 0 fully saturated rings. The molecule has 0 aliphatic heterocycles. The van der Waals surface area contributed by atoms with Crippen molar-refractivity contribution in [2.75, 3.05) is 0 Å². The van der Waals surface area contributed by atoms with Gasteiger partial charge in [0.25, 0.3) is 5.56 Å². The molecule has 0 aliphatic carbocycles. The smallest absolute Gasteiger partial charge is 0.296 e. The third-order valence-corrected chi connectivity index (χ3v) is 5.44. The summed E-state index contributed by atoms with van der Waals surface area (Å²) >= 11 is 3.42. The third kappa shape index (κ3) is 3.47. The Labute approximate surface area is 175 Å². The first kappa shape index (κ1) is 19.1. The highest BCUT2D eigenvalue weighted by Gasteiger charge is 2.16. The Kier molecular flexibility index (Phi) is 5.03. The summed E-state index contributed by atoms with van der Waals surface area (Å²) in [5, 5.41) is 0.501. The molecule has 0 saturated heterocycles. The number of nitrogens with zero attached hydrogens (tertiary/aromatic N) is 3. The van der Waals surface area contributed by atoms with Gasteiger partial charge in [0.15, 0.2) is 0 Å². The summed E-state index contributed by atoms with van der Waals surface area (Å²) in [6.45, 7) is 0. The Morgan fingerprint density at radius 1 is 0.862 bits per heavy atom. The second-order valence-electron chi connectivity index (χ2n) is 6.73. The van der Waals surface area contributed by atoms with Crippen LogP contribution < -0.4 is 11.2 Å². The van der Waals surface area contributed by atoms with Crippen LogP contribution in [0.1, 0.15) is 5.56 Å². The fourth-order valence-corrected chi connectivity index (χ4v) is 3.65. The lowest BCUT2D eigenvalue weighted by atomic mass is 9.96. The van der Waals surface area contributed by atoms with Crippen LogP contribution in [-0.4, -0.2) is 15.3 Å². The Balaban J connectivity index is 2.04. The first-order chi connectivity index (χ1) is 14.0. The van der Waals surface area contributed by atoms with Crippen molar-refractivity contribution < 1.29 is 0 Å². The normalized spacial score (nSPS) is 11.4. The van der Waals surface area contributed by atoms with Crippen LogP contribution >= 0.6 is 15.9 Å². The monoisotopic (exact) mass is 447 g/mol. The third-order valence-electron chi connectivity index (χ3n) is 4.91. The molecular formula is C23H18BrN3O2. The van der Waals surface area contributed by atoms with E-state index in [1.807, 2.05) is 60.7 Å². The molecule has 0 bridgehead atoms. The average molecular weight is 448 g/mol. The molecule has 1 heterocycles. The van der Waals surface area contributed by atoms with Gasteiger partial charge in [-0.05, 0) is 35.9 Å². The van der Waals surface area contributed by atoms with E-state index in [0.717, 1.165) is 31.4 Å². The minimum Gasteiger partial charge on any atom is -0.296 e. The van der Waals surface area contributed by atoms with Crippen LogP contribution in [-0.2, 0) is 14.1 Å². The number of hydrogen-bond acceptors (Lipinski definition) is 3. The molecule has 0 N–H and O–H groups in total. The number of aryl methyl sites for hydroxylation is 1. The molecule has 0 radical (unpaired) electrons. The van der Waals surface area contributed by atoms with Crippen LogP contribution in [0.15, 0.2) is 85.8 Å². The zero-order valence-electron chi connectivity index (χ0n) is 16.0. The highest BCUT2D eigenvalue weighted by Crippen LogP contribution is 2.29. The van der Waals surface area contributed by atoms with Crippen LogP contribution in [0.5, 0.6) is 0 Å². The maximum Gasteiger partial charge on any atom is 0.330 e. The summed E-state index contributed by atoms with van der Waals surface area (Å²) in [4.78, 5) is 30.0. The summed E-state index contributed by atoms with van der Waals surface area (Å²) in [5.74, 6) is 0. The van der Waals surface area contributed by atoms with Crippen LogP contribution in [0, 0.1) is 0 Å². The fourth-order valence-electron chi connectivity index (χ4n) is 3.38. The standard InChI is InChI=1S/C23H18BrN3O2/c1-26-19-13-8-16(14-25-18-11-9-17(24)10-12-18)20(15-6-4-3-5-7-15)21(19)22(28)27(2)23(26)29/h3-14H,1-2H3. The van der Waals surface area contributed by atoms with Gasteiger partial charge in [0.2, 0.25) is 0 Å². The highest BCUT2D eigenvalue weighted by atomic mass is 79.9.